The predicted octanol–water partition coefficient (Wildman–Crippen LogP) is 3.86. The van der Waals surface area contributed by atoms with Crippen molar-refractivity contribution in [3.05, 3.63) is 35.6 Å². The van der Waals surface area contributed by atoms with Gasteiger partial charge >= 0.3 is 0 Å². The van der Waals surface area contributed by atoms with Crippen LogP contribution in [0.1, 0.15) is 37.3 Å². The largest absolute Gasteiger partial charge is 0.264 e. The summed E-state index contributed by atoms with van der Waals surface area (Å²) < 4.78 is 0. The summed E-state index contributed by atoms with van der Waals surface area (Å²) in [4.78, 5) is 8.88. The summed E-state index contributed by atoms with van der Waals surface area (Å²) >= 11 is 1.74. The quantitative estimate of drug-likeness (QED) is 0.782. The minimum absolute atomic E-state index is 0.710. The molecule has 82 valence electrons. The molecule has 2 aromatic rings. The number of nitrogens with zero attached hydrogens (tertiary/aromatic N) is 2. The van der Waals surface area contributed by atoms with Crippen molar-refractivity contribution in [2.45, 2.75) is 31.6 Å². The van der Waals surface area contributed by atoms with Crippen molar-refractivity contribution in [2.75, 3.05) is 0 Å². The van der Waals surface area contributed by atoms with Crippen LogP contribution >= 0.6 is 11.3 Å². The lowest BCUT2D eigenvalue weighted by molar-refractivity contribution is 0.703. The summed E-state index contributed by atoms with van der Waals surface area (Å²) in [5, 5.41) is 3.33. The van der Waals surface area contributed by atoms with Gasteiger partial charge in [0.1, 0.15) is 5.01 Å². The van der Waals surface area contributed by atoms with Crippen molar-refractivity contribution in [3.8, 4) is 10.6 Å². The predicted molar refractivity (Wildman–Crippen MR) is 66.6 cm³/mol. The molecular formula is C13H14N2S. The molecule has 0 aliphatic heterocycles. The van der Waals surface area contributed by atoms with Gasteiger partial charge in [0.25, 0.3) is 0 Å². The van der Waals surface area contributed by atoms with Gasteiger partial charge in [0.05, 0.1) is 5.69 Å². The highest BCUT2D eigenvalue weighted by Gasteiger charge is 2.19. The van der Waals surface area contributed by atoms with Crippen molar-refractivity contribution < 1.29 is 0 Å². The molecule has 1 saturated carbocycles. The molecule has 0 spiro atoms. The Bertz CT molecular complexity index is 458. The van der Waals surface area contributed by atoms with E-state index in [1.165, 1.54) is 31.4 Å². The average molecular weight is 230 g/mol. The van der Waals surface area contributed by atoms with Gasteiger partial charge in [0.2, 0.25) is 0 Å². The Morgan fingerprint density at radius 1 is 1.25 bits per heavy atom. The van der Waals surface area contributed by atoms with Crippen LogP contribution in [-0.4, -0.2) is 9.97 Å². The fourth-order valence-corrected chi connectivity index (χ4v) is 3.21. The van der Waals surface area contributed by atoms with Gasteiger partial charge in [0, 0.05) is 29.3 Å². The third kappa shape index (κ3) is 1.87. The molecule has 0 aromatic carbocycles. The molecule has 0 amide bonds. The van der Waals surface area contributed by atoms with Crippen molar-refractivity contribution in [3.63, 3.8) is 0 Å². The lowest BCUT2D eigenvalue weighted by atomic mass is 10.1. The zero-order valence-corrected chi connectivity index (χ0v) is 9.91. The highest BCUT2D eigenvalue weighted by molar-refractivity contribution is 7.13. The van der Waals surface area contributed by atoms with Gasteiger partial charge in [-0.3, -0.25) is 4.98 Å². The van der Waals surface area contributed by atoms with Gasteiger partial charge in [0.15, 0.2) is 0 Å². The van der Waals surface area contributed by atoms with E-state index in [0.717, 1.165) is 10.6 Å². The van der Waals surface area contributed by atoms with Crippen molar-refractivity contribution in [1.82, 2.24) is 9.97 Å². The Hall–Kier alpha value is -1.22. The third-order valence-electron chi connectivity index (χ3n) is 3.20. The number of aromatic nitrogens is 2. The third-order valence-corrected chi connectivity index (χ3v) is 4.11. The first-order valence-corrected chi connectivity index (χ1v) is 6.67. The smallest absolute Gasteiger partial charge is 0.125 e. The molecule has 0 N–H and O–H groups in total. The van der Waals surface area contributed by atoms with Crippen molar-refractivity contribution >= 4 is 11.3 Å². The zero-order valence-electron chi connectivity index (χ0n) is 9.10. The maximum absolute atomic E-state index is 4.74. The normalized spacial score (nSPS) is 16.8. The second-order valence-corrected chi connectivity index (χ2v) is 5.16. The van der Waals surface area contributed by atoms with Gasteiger partial charge in [-0.2, -0.15) is 0 Å². The molecule has 0 radical (unpaired) electrons. The molecule has 16 heavy (non-hydrogen) atoms. The van der Waals surface area contributed by atoms with Crippen LogP contribution in [-0.2, 0) is 0 Å². The first-order valence-electron chi connectivity index (χ1n) is 5.79. The number of hydrogen-bond donors (Lipinski definition) is 0. The van der Waals surface area contributed by atoms with Crippen molar-refractivity contribution in [2.24, 2.45) is 0 Å². The molecule has 3 heteroatoms. The van der Waals surface area contributed by atoms with Crippen LogP contribution in [0.4, 0.5) is 0 Å². The topological polar surface area (TPSA) is 25.8 Å². The minimum Gasteiger partial charge on any atom is -0.264 e. The Kier molecular flexibility index (Phi) is 2.70. The number of thiazole rings is 1. The van der Waals surface area contributed by atoms with Crippen LogP contribution in [0.15, 0.2) is 29.9 Å². The Balaban J connectivity index is 1.87. The molecule has 1 fully saturated rings. The van der Waals surface area contributed by atoms with E-state index in [-0.39, 0.29) is 0 Å². The molecule has 0 bridgehead atoms. The van der Waals surface area contributed by atoms with E-state index in [1.807, 2.05) is 12.3 Å². The van der Waals surface area contributed by atoms with E-state index < -0.39 is 0 Å². The molecule has 2 aromatic heterocycles. The first kappa shape index (κ1) is 9.97. The molecule has 2 heterocycles. The van der Waals surface area contributed by atoms with Gasteiger partial charge < -0.3 is 0 Å². The van der Waals surface area contributed by atoms with E-state index in [2.05, 4.69) is 16.4 Å². The van der Waals surface area contributed by atoms with Gasteiger partial charge in [-0.25, -0.2) is 4.98 Å². The van der Waals surface area contributed by atoms with Crippen LogP contribution in [0, 0.1) is 0 Å². The Morgan fingerprint density at radius 3 is 2.88 bits per heavy atom. The SMILES string of the molecule is c1cncc(-c2nc(C3CCCC3)cs2)c1. The summed E-state index contributed by atoms with van der Waals surface area (Å²) in [7, 11) is 0. The minimum atomic E-state index is 0.710. The molecule has 2 nitrogen and oxygen atoms in total. The highest BCUT2D eigenvalue weighted by atomic mass is 32.1. The molecule has 0 saturated heterocycles. The van der Waals surface area contributed by atoms with Gasteiger partial charge in [-0.1, -0.05) is 12.8 Å². The zero-order chi connectivity index (χ0) is 10.8. The lowest BCUT2D eigenvalue weighted by Gasteiger charge is -2.03. The Morgan fingerprint density at radius 2 is 2.12 bits per heavy atom. The first-order chi connectivity index (χ1) is 7.93. The van der Waals surface area contributed by atoms with Gasteiger partial charge in [-0.15, -0.1) is 11.3 Å². The maximum Gasteiger partial charge on any atom is 0.125 e. The Labute approximate surface area is 99.4 Å². The van der Waals surface area contributed by atoms with Crippen molar-refractivity contribution in [1.29, 1.82) is 0 Å². The summed E-state index contributed by atoms with van der Waals surface area (Å²) in [5.41, 5.74) is 2.43. The molecule has 1 aliphatic rings. The number of hydrogen-bond acceptors (Lipinski definition) is 3. The maximum atomic E-state index is 4.74. The standard InChI is InChI=1S/C13H14N2S/c1-2-5-10(4-1)12-9-16-13(15-12)11-6-3-7-14-8-11/h3,6-10H,1-2,4-5H2. The second-order valence-electron chi connectivity index (χ2n) is 4.30. The lowest BCUT2D eigenvalue weighted by Crippen LogP contribution is -1.91. The van der Waals surface area contributed by atoms with E-state index >= 15 is 0 Å². The van der Waals surface area contributed by atoms with Crippen LogP contribution in [0.2, 0.25) is 0 Å². The second kappa shape index (κ2) is 4.34. The van der Waals surface area contributed by atoms with E-state index in [9.17, 15) is 0 Å². The monoisotopic (exact) mass is 230 g/mol. The molecule has 1 aliphatic carbocycles. The van der Waals surface area contributed by atoms with Crippen LogP contribution in [0.25, 0.3) is 10.6 Å². The molecular weight excluding hydrogens is 216 g/mol. The van der Waals surface area contributed by atoms with Gasteiger partial charge in [-0.05, 0) is 25.0 Å². The number of pyridine rings is 1. The summed E-state index contributed by atoms with van der Waals surface area (Å²) in [6.45, 7) is 0. The van der Waals surface area contributed by atoms with Crippen LogP contribution < -0.4 is 0 Å². The summed E-state index contributed by atoms with van der Waals surface area (Å²) in [5.74, 6) is 0.710. The molecule has 0 unspecified atom stereocenters. The molecule has 3 rings (SSSR count). The summed E-state index contributed by atoms with van der Waals surface area (Å²) in [6, 6.07) is 4.04. The van der Waals surface area contributed by atoms with E-state index in [1.54, 1.807) is 17.5 Å². The van der Waals surface area contributed by atoms with E-state index in [4.69, 9.17) is 4.98 Å². The van der Waals surface area contributed by atoms with E-state index in [0.29, 0.717) is 5.92 Å². The molecule has 0 atom stereocenters. The fourth-order valence-electron chi connectivity index (χ4n) is 2.32. The average Bonchev–Trinajstić information content (AvgIpc) is 3.01. The van der Waals surface area contributed by atoms with Crippen LogP contribution in [0.5, 0.6) is 0 Å². The summed E-state index contributed by atoms with van der Waals surface area (Å²) in [6.07, 6.45) is 9.05. The fraction of sp³-hybridized carbons (Fsp3) is 0.385. The number of rotatable bonds is 2. The highest BCUT2D eigenvalue weighted by Crippen LogP contribution is 2.36. The van der Waals surface area contributed by atoms with Crippen LogP contribution in [0.3, 0.4) is 0 Å².